The Balaban J connectivity index is 0.00000141. The SMILES string of the molecule is CC.Cc1cc(Cc2ccc(F)c(C(=O)O)c2)n[nH]c1=O.S. The van der Waals surface area contributed by atoms with Gasteiger partial charge in [0.15, 0.2) is 0 Å². The van der Waals surface area contributed by atoms with Gasteiger partial charge in [0.05, 0.1) is 11.3 Å². The fourth-order valence-corrected chi connectivity index (χ4v) is 1.70. The molecule has 2 N–H and O–H groups in total. The number of aromatic nitrogens is 2. The van der Waals surface area contributed by atoms with Crippen molar-refractivity contribution >= 4 is 19.5 Å². The number of H-pyrrole nitrogens is 1. The monoisotopic (exact) mass is 326 g/mol. The van der Waals surface area contributed by atoms with E-state index < -0.39 is 11.8 Å². The van der Waals surface area contributed by atoms with Gasteiger partial charge in [-0.1, -0.05) is 19.9 Å². The Labute approximate surface area is 134 Å². The van der Waals surface area contributed by atoms with Gasteiger partial charge in [-0.2, -0.15) is 18.6 Å². The molecule has 5 nitrogen and oxygen atoms in total. The van der Waals surface area contributed by atoms with E-state index in [-0.39, 0.29) is 24.6 Å². The molecule has 0 fully saturated rings. The minimum absolute atomic E-state index is 0. The molecule has 2 aromatic rings. The summed E-state index contributed by atoms with van der Waals surface area (Å²) in [6, 6.07) is 5.48. The zero-order valence-corrected chi connectivity index (χ0v) is 13.6. The molecule has 0 unspecified atom stereocenters. The van der Waals surface area contributed by atoms with Crippen molar-refractivity contribution in [1.29, 1.82) is 0 Å². The van der Waals surface area contributed by atoms with Crippen molar-refractivity contribution in [2.45, 2.75) is 27.2 Å². The molecule has 0 aliphatic rings. The average molecular weight is 326 g/mol. The highest BCUT2D eigenvalue weighted by atomic mass is 32.1. The molecule has 7 heteroatoms. The second kappa shape index (κ2) is 8.99. The van der Waals surface area contributed by atoms with Crippen LogP contribution in [-0.4, -0.2) is 21.3 Å². The number of benzene rings is 1. The number of aryl methyl sites for hydroxylation is 1. The summed E-state index contributed by atoms with van der Waals surface area (Å²) in [5.41, 5.74) is 1.07. The summed E-state index contributed by atoms with van der Waals surface area (Å²) in [5.74, 6) is -2.09. The summed E-state index contributed by atoms with van der Waals surface area (Å²) in [7, 11) is 0. The molecule has 0 atom stereocenters. The van der Waals surface area contributed by atoms with Gasteiger partial charge in [0.1, 0.15) is 5.82 Å². The number of halogens is 1. The smallest absolute Gasteiger partial charge is 0.338 e. The minimum atomic E-state index is -1.31. The molecule has 0 amide bonds. The molecule has 22 heavy (non-hydrogen) atoms. The maximum Gasteiger partial charge on any atom is 0.338 e. The molecule has 0 aliphatic carbocycles. The van der Waals surface area contributed by atoms with Crippen molar-refractivity contribution in [1.82, 2.24) is 10.2 Å². The maximum absolute atomic E-state index is 13.2. The van der Waals surface area contributed by atoms with Gasteiger partial charge in [-0.25, -0.2) is 14.3 Å². The zero-order valence-electron chi connectivity index (χ0n) is 12.6. The van der Waals surface area contributed by atoms with Gasteiger partial charge in [0, 0.05) is 12.0 Å². The first-order chi connectivity index (χ1) is 9.97. The van der Waals surface area contributed by atoms with Crippen LogP contribution in [0.3, 0.4) is 0 Å². The van der Waals surface area contributed by atoms with Crippen molar-refractivity contribution in [3.8, 4) is 0 Å². The summed E-state index contributed by atoms with van der Waals surface area (Å²) in [4.78, 5) is 22.0. The van der Waals surface area contributed by atoms with Crippen LogP contribution in [0.5, 0.6) is 0 Å². The lowest BCUT2D eigenvalue weighted by Gasteiger charge is -2.04. The third-order valence-electron chi connectivity index (χ3n) is 2.69. The van der Waals surface area contributed by atoms with E-state index in [1.165, 1.54) is 12.1 Å². The van der Waals surface area contributed by atoms with E-state index in [0.29, 0.717) is 23.2 Å². The number of rotatable bonds is 3. The molecule has 0 saturated carbocycles. The van der Waals surface area contributed by atoms with Crippen LogP contribution >= 0.6 is 13.5 Å². The van der Waals surface area contributed by atoms with Gasteiger partial charge in [-0.05, 0) is 30.7 Å². The van der Waals surface area contributed by atoms with Gasteiger partial charge in [-0.3, -0.25) is 4.79 Å². The molecule has 0 spiro atoms. The summed E-state index contributed by atoms with van der Waals surface area (Å²) in [5, 5.41) is 15.0. The van der Waals surface area contributed by atoms with Gasteiger partial charge >= 0.3 is 5.97 Å². The Hall–Kier alpha value is -2.15. The number of aromatic amines is 1. The number of carbonyl (C=O) groups is 1. The Kier molecular flexibility index (Phi) is 8.11. The highest BCUT2D eigenvalue weighted by Gasteiger charge is 2.11. The summed E-state index contributed by atoms with van der Waals surface area (Å²) in [6.07, 6.45) is 0.318. The highest BCUT2D eigenvalue weighted by molar-refractivity contribution is 7.59. The fourth-order valence-electron chi connectivity index (χ4n) is 1.70. The van der Waals surface area contributed by atoms with Crippen molar-refractivity contribution < 1.29 is 14.3 Å². The molecule has 0 radical (unpaired) electrons. The molecule has 120 valence electrons. The molecular weight excluding hydrogens is 307 g/mol. The van der Waals surface area contributed by atoms with Crippen LogP contribution in [0, 0.1) is 12.7 Å². The number of nitrogens with zero attached hydrogens (tertiary/aromatic N) is 1. The molecule has 1 aromatic carbocycles. The van der Waals surface area contributed by atoms with Crippen molar-refractivity contribution in [3.63, 3.8) is 0 Å². The van der Waals surface area contributed by atoms with Crippen molar-refractivity contribution in [3.05, 3.63) is 62.8 Å². The lowest BCUT2D eigenvalue weighted by Crippen LogP contribution is -2.13. The van der Waals surface area contributed by atoms with Gasteiger partial charge in [-0.15, -0.1) is 0 Å². The average Bonchev–Trinajstić information content (AvgIpc) is 2.47. The Morgan fingerprint density at radius 3 is 2.50 bits per heavy atom. The molecule has 1 aromatic heterocycles. The fraction of sp³-hybridized carbons (Fsp3) is 0.267. The number of hydrogen-bond donors (Lipinski definition) is 2. The van der Waals surface area contributed by atoms with Crippen LogP contribution in [0.4, 0.5) is 4.39 Å². The first-order valence-corrected chi connectivity index (χ1v) is 6.54. The molecule has 2 rings (SSSR count). The van der Waals surface area contributed by atoms with Crippen LogP contribution in [0.2, 0.25) is 0 Å². The third kappa shape index (κ3) is 5.00. The second-order valence-electron chi connectivity index (χ2n) is 4.17. The van der Waals surface area contributed by atoms with Crippen LogP contribution < -0.4 is 5.56 Å². The Morgan fingerprint density at radius 2 is 1.95 bits per heavy atom. The van der Waals surface area contributed by atoms with Gasteiger partial charge in [0.25, 0.3) is 5.56 Å². The van der Waals surface area contributed by atoms with Gasteiger partial charge in [0.2, 0.25) is 0 Å². The van der Waals surface area contributed by atoms with Crippen LogP contribution in [0.15, 0.2) is 29.1 Å². The third-order valence-corrected chi connectivity index (χ3v) is 2.69. The Morgan fingerprint density at radius 1 is 1.32 bits per heavy atom. The quantitative estimate of drug-likeness (QED) is 0.908. The topological polar surface area (TPSA) is 83.0 Å². The minimum Gasteiger partial charge on any atom is -0.478 e. The van der Waals surface area contributed by atoms with E-state index in [9.17, 15) is 14.0 Å². The zero-order chi connectivity index (χ0) is 16.0. The van der Waals surface area contributed by atoms with Crippen LogP contribution in [0.1, 0.15) is 41.0 Å². The lowest BCUT2D eigenvalue weighted by atomic mass is 10.1. The summed E-state index contributed by atoms with van der Waals surface area (Å²) in [6.45, 7) is 5.65. The van der Waals surface area contributed by atoms with E-state index in [2.05, 4.69) is 10.2 Å². The lowest BCUT2D eigenvalue weighted by molar-refractivity contribution is 0.0691. The first kappa shape index (κ1) is 19.9. The normalized spacial score (nSPS) is 9.27. The molecule has 1 heterocycles. The van der Waals surface area contributed by atoms with E-state index in [0.717, 1.165) is 6.07 Å². The van der Waals surface area contributed by atoms with E-state index in [1.54, 1.807) is 13.0 Å². The molecular formula is C15H19FN2O3S. The van der Waals surface area contributed by atoms with Crippen LogP contribution in [-0.2, 0) is 6.42 Å². The Bertz CT molecular complexity index is 701. The van der Waals surface area contributed by atoms with Crippen molar-refractivity contribution in [2.24, 2.45) is 0 Å². The predicted molar refractivity (Wildman–Crippen MR) is 87.5 cm³/mol. The van der Waals surface area contributed by atoms with Crippen molar-refractivity contribution in [2.75, 3.05) is 0 Å². The largest absolute Gasteiger partial charge is 0.478 e. The molecule has 0 bridgehead atoms. The van der Waals surface area contributed by atoms with Crippen LogP contribution in [0.25, 0.3) is 0 Å². The predicted octanol–water partition coefficient (Wildman–Crippen LogP) is 2.65. The second-order valence-corrected chi connectivity index (χ2v) is 4.17. The number of aromatic carboxylic acids is 1. The number of carboxylic acid groups (broad SMARTS) is 1. The highest BCUT2D eigenvalue weighted by Crippen LogP contribution is 2.13. The first-order valence-electron chi connectivity index (χ1n) is 6.54. The standard InChI is InChI=1S/C13H11FN2O3.C2H6.H2S/c1-7-4-9(15-16-12(7)17)5-8-2-3-11(14)10(6-8)13(18)19;1-2;/h2-4,6H,5H2,1H3,(H,16,17)(H,18,19);1-2H3;1H2. The van der Waals surface area contributed by atoms with Gasteiger partial charge < -0.3 is 5.11 Å². The number of carboxylic acids is 1. The summed E-state index contributed by atoms with van der Waals surface area (Å²) >= 11 is 0. The van der Waals surface area contributed by atoms with E-state index >= 15 is 0 Å². The van der Waals surface area contributed by atoms with E-state index in [4.69, 9.17) is 5.11 Å². The maximum atomic E-state index is 13.2. The molecule has 0 aliphatic heterocycles. The number of hydrogen-bond acceptors (Lipinski definition) is 3. The molecule has 0 saturated heterocycles. The summed E-state index contributed by atoms with van der Waals surface area (Å²) < 4.78 is 13.2. The van der Waals surface area contributed by atoms with E-state index in [1.807, 2.05) is 13.8 Å². The number of nitrogens with one attached hydrogen (secondary N) is 1.